The molecule has 5 atom stereocenters. The van der Waals surface area contributed by atoms with Crippen LogP contribution in [0.1, 0.15) is 59.4 Å². The van der Waals surface area contributed by atoms with Crippen LogP contribution in [0, 0.1) is 5.92 Å². The van der Waals surface area contributed by atoms with Crippen molar-refractivity contribution in [3.63, 3.8) is 0 Å². The molecule has 25 heavy (non-hydrogen) atoms. The summed E-state index contributed by atoms with van der Waals surface area (Å²) in [5.41, 5.74) is 1.14. The Morgan fingerprint density at radius 1 is 1.28 bits per heavy atom. The van der Waals surface area contributed by atoms with Crippen LogP contribution < -0.4 is 0 Å². The van der Waals surface area contributed by atoms with E-state index in [4.69, 9.17) is 4.74 Å². The van der Waals surface area contributed by atoms with Gasteiger partial charge in [0.15, 0.2) is 6.29 Å². The maximum absolute atomic E-state index is 13.3. The zero-order chi connectivity index (χ0) is 18.6. The highest BCUT2D eigenvalue weighted by atomic mass is 32.2. The third-order valence-electron chi connectivity index (χ3n) is 4.84. The van der Waals surface area contributed by atoms with Gasteiger partial charge in [-0.1, -0.05) is 44.2 Å². The second-order valence-electron chi connectivity index (χ2n) is 8.02. The monoisotopic (exact) mass is 367 g/mol. The van der Waals surface area contributed by atoms with Crippen LogP contribution in [0.4, 0.5) is 0 Å². The minimum absolute atomic E-state index is 0.0161. The number of benzene rings is 1. The molecule has 1 aliphatic heterocycles. The van der Waals surface area contributed by atoms with Crippen molar-refractivity contribution in [2.45, 2.75) is 83.6 Å². The van der Waals surface area contributed by atoms with Gasteiger partial charge in [-0.3, -0.25) is 0 Å². The lowest BCUT2D eigenvalue weighted by atomic mass is 9.93. The van der Waals surface area contributed by atoms with Crippen LogP contribution in [-0.2, 0) is 22.6 Å². The number of rotatable bonds is 6. The molecule has 1 heterocycles. The molecule has 0 radical (unpaired) electrons. The van der Waals surface area contributed by atoms with Gasteiger partial charge >= 0.3 is 0 Å². The van der Waals surface area contributed by atoms with Crippen molar-refractivity contribution in [1.82, 2.24) is 4.31 Å². The highest BCUT2D eigenvalue weighted by Crippen LogP contribution is 2.33. The lowest BCUT2D eigenvalue weighted by Gasteiger charge is -2.42. The van der Waals surface area contributed by atoms with E-state index in [0.29, 0.717) is 6.54 Å². The molecular formula is C20H33NO3S. The Balaban J connectivity index is 2.25. The van der Waals surface area contributed by atoms with E-state index in [-0.39, 0.29) is 22.8 Å². The van der Waals surface area contributed by atoms with Crippen molar-refractivity contribution in [2.24, 2.45) is 5.92 Å². The fourth-order valence-corrected chi connectivity index (χ4v) is 4.80. The topological polar surface area (TPSA) is 55.8 Å². The van der Waals surface area contributed by atoms with Crippen molar-refractivity contribution in [2.75, 3.05) is 0 Å². The van der Waals surface area contributed by atoms with Crippen LogP contribution >= 0.6 is 0 Å². The lowest BCUT2D eigenvalue weighted by Crippen LogP contribution is -2.54. The van der Waals surface area contributed by atoms with E-state index in [2.05, 4.69) is 23.4 Å². The van der Waals surface area contributed by atoms with Crippen molar-refractivity contribution >= 4 is 11.4 Å². The fraction of sp³-hybridized carbons (Fsp3) is 0.700. The minimum Gasteiger partial charge on any atom is -0.597 e. The van der Waals surface area contributed by atoms with Crippen molar-refractivity contribution in [3.05, 3.63) is 35.9 Å². The summed E-state index contributed by atoms with van der Waals surface area (Å²) < 4.78 is 20.9. The molecule has 0 spiro atoms. The van der Waals surface area contributed by atoms with Gasteiger partial charge in [0.25, 0.3) is 0 Å². The van der Waals surface area contributed by atoms with Gasteiger partial charge in [-0.25, -0.2) is 0 Å². The van der Waals surface area contributed by atoms with Gasteiger partial charge in [-0.2, -0.15) is 0 Å². The molecule has 5 heteroatoms. The van der Waals surface area contributed by atoms with Gasteiger partial charge in [0.2, 0.25) is 0 Å². The molecule has 1 aliphatic rings. The van der Waals surface area contributed by atoms with Gasteiger partial charge in [0.1, 0.15) is 4.75 Å². The number of ether oxygens (including phenoxy) is 1. The van der Waals surface area contributed by atoms with E-state index in [9.17, 15) is 9.66 Å². The molecule has 0 aliphatic carbocycles. The Hall–Kier alpha value is -0.590. The standard InChI is InChI=1S/C20H33NO3S/c1-6-17(18-13-12-15(2)19(22)24-18)21(25(23)20(3,4)5)14-16-10-8-7-9-11-16/h7-11,15,17-19,22H,6,12-14H2,1-5H3/t15?,17-,18+,19?,25?/m1/s1. The van der Waals surface area contributed by atoms with Crippen LogP contribution in [-0.4, -0.2) is 37.1 Å². The molecule has 1 fully saturated rings. The first kappa shape index (κ1) is 20.7. The quantitative estimate of drug-likeness (QED) is 0.776. The van der Waals surface area contributed by atoms with Gasteiger partial charge in [-0.05, 0) is 45.6 Å². The highest BCUT2D eigenvalue weighted by Gasteiger charge is 2.42. The predicted molar refractivity (Wildman–Crippen MR) is 103 cm³/mol. The van der Waals surface area contributed by atoms with Crippen molar-refractivity contribution in [1.29, 1.82) is 0 Å². The summed E-state index contributed by atoms with van der Waals surface area (Å²) >= 11 is -1.16. The molecule has 142 valence electrons. The predicted octanol–water partition coefficient (Wildman–Crippen LogP) is 3.86. The van der Waals surface area contributed by atoms with Crippen molar-refractivity contribution in [3.8, 4) is 0 Å². The van der Waals surface area contributed by atoms with Gasteiger partial charge in [-0.15, -0.1) is 4.31 Å². The first-order chi connectivity index (χ1) is 11.7. The Bertz CT molecular complexity index is 519. The van der Waals surface area contributed by atoms with Crippen LogP contribution in [0.5, 0.6) is 0 Å². The molecule has 1 aromatic rings. The van der Waals surface area contributed by atoms with Crippen molar-refractivity contribution < 1.29 is 14.4 Å². The Morgan fingerprint density at radius 3 is 2.44 bits per heavy atom. The van der Waals surface area contributed by atoms with E-state index < -0.39 is 17.7 Å². The first-order valence-corrected chi connectivity index (χ1v) is 10.4. The molecule has 0 bridgehead atoms. The minimum atomic E-state index is -1.16. The van der Waals surface area contributed by atoms with E-state index in [1.165, 1.54) is 0 Å². The van der Waals surface area contributed by atoms with E-state index in [1.54, 1.807) is 0 Å². The summed E-state index contributed by atoms with van der Waals surface area (Å²) in [5.74, 6) is 0.157. The molecular weight excluding hydrogens is 334 g/mol. The summed E-state index contributed by atoms with van der Waals surface area (Å²) in [7, 11) is 0. The zero-order valence-electron chi connectivity index (χ0n) is 16.1. The summed E-state index contributed by atoms with van der Waals surface area (Å²) in [6.45, 7) is 10.8. The second kappa shape index (κ2) is 8.87. The summed E-state index contributed by atoms with van der Waals surface area (Å²) in [5, 5.41) is 10.1. The van der Waals surface area contributed by atoms with Crippen LogP contribution in [0.15, 0.2) is 30.3 Å². The third kappa shape index (κ3) is 5.44. The molecule has 4 nitrogen and oxygen atoms in total. The Labute approximate surface area is 155 Å². The van der Waals surface area contributed by atoms with Crippen LogP contribution in [0.3, 0.4) is 0 Å². The number of aliphatic hydroxyl groups is 1. The molecule has 0 aromatic heterocycles. The first-order valence-electron chi connectivity index (χ1n) is 9.30. The molecule has 1 saturated heterocycles. The van der Waals surface area contributed by atoms with E-state index in [0.717, 1.165) is 24.8 Å². The Kier molecular flexibility index (Phi) is 7.35. The molecule has 0 amide bonds. The average Bonchev–Trinajstić information content (AvgIpc) is 2.57. The maximum Gasteiger partial charge on any atom is 0.157 e. The number of aliphatic hydroxyl groups excluding tert-OH is 1. The maximum atomic E-state index is 13.3. The summed E-state index contributed by atoms with van der Waals surface area (Å²) in [6, 6.07) is 10.2. The molecule has 1 aromatic carbocycles. The van der Waals surface area contributed by atoms with Crippen LogP contribution in [0.2, 0.25) is 0 Å². The number of hydrogen-bond donors (Lipinski definition) is 1. The third-order valence-corrected chi connectivity index (χ3v) is 6.72. The van der Waals surface area contributed by atoms with E-state index in [1.807, 2.05) is 45.9 Å². The SMILES string of the molecule is CC[C@H]([C@@H]1CCC(C)C(O)O1)N(Cc1ccccc1)[S+]([O-])C(C)(C)C. The lowest BCUT2D eigenvalue weighted by molar-refractivity contribution is -0.201. The van der Waals surface area contributed by atoms with Gasteiger partial charge < -0.3 is 14.4 Å². The van der Waals surface area contributed by atoms with Gasteiger partial charge in [0.05, 0.1) is 18.7 Å². The zero-order valence-corrected chi connectivity index (χ0v) is 17.0. The average molecular weight is 368 g/mol. The molecule has 1 N–H and O–H groups in total. The Morgan fingerprint density at radius 2 is 1.92 bits per heavy atom. The number of hydrogen-bond acceptors (Lipinski definition) is 4. The highest BCUT2D eigenvalue weighted by molar-refractivity contribution is 7.90. The molecule has 3 unspecified atom stereocenters. The molecule has 0 saturated carbocycles. The smallest absolute Gasteiger partial charge is 0.157 e. The molecule has 2 rings (SSSR count). The summed E-state index contributed by atoms with van der Waals surface area (Å²) in [4.78, 5) is 0. The van der Waals surface area contributed by atoms with E-state index >= 15 is 0 Å². The second-order valence-corrected chi connectivity index (χ2v) is 10.2. The number of nitrogens with zero attached hydrogens (tertiary/aromatic N) is 1. The largest absolute Gasteiger partial charge is 0.597 e. The summed E-state index contributed by atoms with van der Waals surface area (Å²) in [6.07, 6.45) is 1.84. The van der Waals surface area contributed by atoms with Gasteiger partial charge in [0, 0.05) is 17.3 Å². The fourth-order valence-electron chi connectivity index (χ4n) is 3.30. The normalized spacial score (nSPS) is 27.3. The van der Waals surface area contributed by atoms with Crippen LogP contribution in [0.25, 0.3) is 0 Å².